The van der Waals surface area contributed by atoms with Crippen LogP contribution in [-0.2, 0) is 9.53 Å². The van der Waals surface area contributed by atoms with E-state index >= 15 is 0 Å². The minimum Gasteiger partial charge on any atom is -0.497 e. The van der Waals surface area contributed by atoms with Gasteiger partial charge in [-0.05, 0) is 38.1 Å². The van der Waals surface area contributed by atoms with E-state index < -0.39 is 0 Å². The molecule has 0 saturated heterocycles. The maximum Gasteiger partial charge on any atom is 0.316 e. The first-order valence-corrected chi connectivity index (χ1v) is 10.1. The number of esters is 1. The quantitative estimate of drug-likeness (QED) is 0.409. The summed E-state index contributed by atoms with van der Waals surface area (Å²) in [6.07, 6.45) is 0. The number of benzene rings is 2. The molecule has 1 aromatic heterocycles. The van der Waals surface area contributed by atoms with Gasteiger partial charge in [-0.3, -0.25) is 9.36 Å². The second-order valence-electron chi connectivity index (χ2n) is 6.17. The first kappa shape index (κ1) is 20.7. The van der Waals surface area contributed by atoms with Crippen molar-refractivity contribution in [3.8, 4) is 28.6 Å². The fourth-order valence-corrected chi connectivity index (χ4v) is 3.49. The van der Waals surface area contributed by atoms with Gasteiger partial charge in [0.25, 0.3) is 0 Å². The molecule has 3 rings (SSSR count). The maximum absolute atomic E-state index is 11.8. The average Bonchev–Trinajstić information content (AvgIpc) is 3.16. The Morgan fingerprint density at radius 2 is 1.69 bits per heavy atom. The monoisotopic (exact) mass is 413 g/mol. The standard InChI is InChI=1S/C21H23N3O4S/c1-5-28-19(25)13-29-21-23-22-20(24(21)16-8-6-14(2)7-9-16)15-10-17(26-3)12-18(11-15)27-4/h6-12H,5,13H2,1-4H3. The number of nitrogens with zero attached hydrogens (tertiary/aromatic N) is 3. The number of hydrogen-bond acceptors (Lipinski definition) is 7. The highest BCUT2D eigenvalue weighted by Crippen LogP contribution is 2.33. The predicted octanol–water partition coefficient (Wildman–Crippen LogP) is 3.92. The van der Waals surface area contributed by atoms with Crippen molar-refractivity contribution in [1.82, 2.24) is 14.8 Å². The molecule has 0 spiro atoms. The van der Waals surface area contributed by atoms with E-state index in [2.05, 4.69) is 10.2 Å². The van der Waals surface area contributed by atoms with E-state index in [1.807, 2.05) is 47.9 Å². The van der Waals surface area contributed by atoms with Crippen LogP contribution < -0.4 is 9.47 Å². The molecule has 0 aliphatic rings. The minimum absolute atomic E-state index is 0.152. The molecule has 0 aliphatic carbocycles. The third-order valence-corrected chi connectivity index (χ3v) is 5.06. The molecule has 0 unspecified atom stereocenters. The van der Waals surface area contributed by atoms with E-state index in [4.69, 9.17) is 14.2 Å². The molecular weight excluding hydrogens is 390 g/mol. The molecule has 152 valence electrons. The summed E-state index contributed by atoms with van der Waals surface area (Å²) in [7, 11) is 3.20. The molecule has 29 heavy (non-hydrogen) atoms. The predicted molar refractivity (Wildman–Crippen MR) is 112 cm³/mol. The zero-order chi connectivity index (χ0) is 20.8. The first-order valence-electron chi connectivity index (χ1n) is 9.10. The molecule has 0 atom stereocenters. The van der Waals surface area contributed by atoms with Crippen LogP contribution in [0.15, 0.2) is 47.6 Å². The van der Waals surface area contributed by atoms with Gasteiger partial charge in [0.2, 0.25) is 0 Å². The molecule has 1 heterocycles. The summed E-state index contributed by atoms with van der Waals surface area (Å²) in [5.41, 5.74) is 2.83. The summed E-state index contributed by atoms with van der Waals surface area (Å²) in [5.74, 6) is 1.79. The van der Waals surface area contributed by atoms with Crippen molar-refractivity contribution < 1.29 is 19.0 Å². The number of hydrogen-bond donors (Lipinski definition) is 0. The fourth-order valence-electron chi connectivity index (χ4n) is 2.74. The second kappa shape index (κ2) is 9.47. The minimum atomic E-state index is -0.291. The van der Waals surface area contributed by atoms with Crippen LogP contribution in [0.2, 0.25) is 0 Å². The van der Waals surface area contributed by atoms with Gasteiger partial charge in [0.1, 0.15) is 11.5 Å². The Bertz CT molecular complexity index is 964. The molecule has 0 fully saturated rings. The van der Waals surface area contributed by atoms with Crippen LogP contribution in [0.4, 0.5) is 0 Å². The van der Waals surface area contributed by atoms with E-state index in [1.165, 1.54) is 11.8 Å². The van der Waals surface area contributed by atoms with Crippen molar-refractivity contribution in [2.24, 2.45) is 0 Å². The lowest BCUT2D eigenvalue weighted by Gasteiger charge is -2.12. The van der Waals surface area contributed by atoms with E-state index in [9.17, 15) is 4.79 Å². The number of carbonyl (C=O) groups is 1. The molecule has 0 aliphatic heterocycles. The van der Waals surface area contributed by atoms with Gasteiger partial charge < -0.3 is 14.2 Å². The zero-order valence-electron chi connectivity index (χ0n) is 16.8. The molecular formula is C21H23N3O4S. The Morgan fingerprint density at radius 3 is 2.28 bits per heavy atom. The van der Waals surface area contributed by atoms with Gasteiger partial charge >= 0.3 is 5.97 Å². The Kier molecular flexibility index (Phi) is 6.77. The smallest absolute Gasteiger partial charge is 0.316 e. The molecule has 0 saturated carbocycles. The van der Waals surface area contributed by atoms with Crippen LogP contribution in [-0.4, -0.2) is 47.3 Å². The lowest BCUT2D eigenvalue weighted by molar-refractivity contribution is -0.139. The summed E-state index contributed by atoms with van der Waals surface area (Å²) < 4.78 is 17.7. The van der Waals surface area contributed by atoms with E-state index in [1.54, 1.807) is 27.2 Å². The summed E-state index contributed by atoms with van der Waals surface area (Å²) in [6, 6.07) is 13.6. The number of thioether (sulfide) groups is 1. The van der Waals surface area contributed by atoms with Crippen LogP contribution in [0.5, 0.6) is 11.5 Å². The summed E-state index contributed by atoms with van der Waals surface area (Å²) in [6.45, 7) is 4.16. The Labute approximate surface area is 174 Å². The van der Waals surface area contributed by atoms with Gasteiger partial charge in [-0.1, -0.05) is 29.5 Å². The number of aromatic nitrogens is 3. The second-order valence-corrected chi connectivity index (χ2v) is 7.11. The van der Waals surface area contributed by atoms with Gasteiger partial charge in [0, 0.05) is 17.3 Å². The molecule has 0 bridgehead atoms. The van der Waals surface area contributed by atoms with Crippen molar-refractivity contribution in [2.75, 3.05) is 26.6 Å². The van der Waals surface area contributed by atoms with Crippen molar-refractivity contribution in [2.45, 2.75) is 19.0 Å². The maximum atomic E-state index is 11.8. The number of methoxy groups -OCH3 is 2. The third kappa shape index (κ3) is 4.89. The van der Waals surface area contributed by atoms with Gasteiger partial charge in [0.05, 0.1) is 26.6 Å². The molecule has 0 N–H and O–H groups in total. The molecule has 8 heteroatoms. The largest absolute Gasteiger partial charge is 0.497 e. The lowest BCUT2D eigenvalue weighted by Crippen LogP contribution is -2.08. The summed E-state index contributed by atoms with van der Waals surface area (Å²) >= 11 is 1.28. The Balaban J connectivity index is 2.07. The number of ether oxygens (including phenoxy) is 3. The van der Waals surface area contributed by atoms with Gasteiger partial charge in [-0.25, -0.2) is 0 Å². The Morgan fingerprint density at radius 1 is 1.03 bits per heavy atom. The van der Waals surface area contributed by atoms with Crippen molar-refractivity contribution >= 4 is 17.7 Å². The average molecular weight is 413 g/mol. The topological polar surface area (TPSA) is 75.5 Å². The lowest BCUT2D eigenvalue weighted by atomic mass is 10.1. The van der Waals surface area contributed by atoms with Crippen LogP contribution in [0.3, 0.4) is 0 Å². The van der Waals surface area contributed by atoms with Crippen molar-refractivity contribution in [3.05, 3.63) is 48.0 Å². The third-order valence-electron chi connectivity index (χ3n) is 4.16. The van der Waals surface area contributed by atoms with Gasteiger partial charge in [-0.2, -0.15) is 0 Å². The molecule has 3 aromatic rings. The van der Waals surface area contributed by atoms with Crippen molar-refractivity contribution in [3.63, 3.8) is 0 Å². The molecule has 2 aromatic carbocycles. The molecule has 0 amide bonds. The number of rotatable bonds is 8. The highest BCUT2D eigenvalue weighted by atomic mass is 32.2. The normalized spacial score (nSPS) is 10.6. The molecule has 0 radical (unpaired) electrons. The fraction of sp³-hybridized carbons (Fsp3) is 0.286. The zero-order valence-corrected chi connectivity index (χ0v) is 17.7. The summed E-state index contributed by atoms with van der Waals surface area (Å²) in [5, 5.41) is 9.31. The highest BCUT2D eigenvalue weighted by molar-refractivity contribution is 7.99. The summed E-state index contributed by atoms with van der Waals surface area (Å²) in [4.78, 5) is 11.8. The van der Waals surface area contributed by atoms with E-state index in [0.717, 1.165) is 16.8 Å². The Hall–Kier alpha value is -3.00. The van der Waals surface area contributed by atoms with Gasteiger partial charge in [0.15, 0.2) is 11.0 Å². The SMILES string of the molecule is CCOC(=O)CSc1nnc(-c2cc(OC)cc(OC)c2)n1-c1ccc(C)cc1. The number of carbonyl (C=O) groups excluding carboxylic acids is 1. The van der Waals surface area contributed by atoms with Crippen LogP contribution >= 0.6 is 11.8 Å². The first-order chi connectivity index (χ1) is 14.0. The van der Waals surface area contributed by atoms with Crippen LogP contribution in [0.1, 0.15) is 12.5 Å². The van der Waals surface area contributed by atoms with Crippen LogP contribution in [0, 0.1) is 6.92 Å². The number of aryl methyl sites for hydroxylation is 1. The van der Waals surface area contributed by atoms with E-state index in [-0.39, 0.29) is 11.7 Å². The highest BCUT2D eigenvalue weighted by Gasteiger charge is 2.19. The van der Waals surface area contributed by atoms with Gasteiger partial charge in [-0.15, -0.1) is 10.2 Å². The van der Waals surface area contributed by atoms with E-state index in [0.29, 0.717) is 29.1 Å². The molecule has 7 nitrogen and oxygen atoms in total. The van der Waals surface area contributed by atoms with Crippen molar-refractivity contribution in [1.29, 1.82) is 0 Å². The van der Waals surface area contributed by atoms with Crippen LogP contribution in [0.25, 0.3) is 17.1 Å².